The number of piperidine rings is 1. The van der Waals surface area contributed by atoms with Crippen LogP contribution in [0.1, 0.15) is 25.7 Å². The third-order valence-corrected chi connectivity index (χ3v) is 11.2. The van der Waals surface area contributed by atoms with Crippen LogP contribution in [0.5, 0.6) is 0 Å². The Morgan fingerprint density at radius 2 is 2.00 bits per heavy atom. The van der Waals surface area contributed by atoms with E-state index in [2.05, 4.69) is 34.8 Å². The van der Waals surface area contributed by atoms with E-state index in [1.807, 2.05) is 18.3 Å². The lowest BCUT2D eigenvalue weighted by Gasteiger charge is -2.39. The fourth-order valence-electron chi connectivity index (χ4n) is 6.02. The van der Waals surface area contributed by atoms with Crippen LogP contribution in [0.3, 0.4) is 0 Å². The number of fused-ring (bicyclic) bond motifs is 4. The number of carbonyl (C=O) groups is 1. The van der Waals surface area contributed by atoms with Crippen LogP contribution in [-0.4, -0.2) is 63.5 Å². The minimum absolute atomic E-state index is 0.0284. The van der Waals surface area contributed by atoms with Gasteiger partial charge in [-0.15, -0.1) is 0 Å². The van der Waals surface area contributed by atoms with E-state index in [1.165, 1.54) is 0 Å². The number of aromatic nitrogens is 4. The number of halogens is 1. The highest BCUT2D eigenvalue weighted by Gasteiger charge is 2.42. The Labute approximate surface area is 241 Å². The average Bonchev–Trinajstić information content (AvgIpc) is 3.53. The lowest BCUT2D eigenvalue weighted by molar-refractivity contribution is 0.0888. The number of rotatable bonds is 8. The Hall–Kier alpha value is -2.93. The maximum Gasteiger partial charge on any atom is 0.404 e. The molecule has 4 aromatic rings. The van der Waals surface area contributed by atoms with Crippen molar-refractivity contribution in [1.29, 1.82) is 0 Å². The highest BCUT2D eigenvalue weighted by Crippen LogP contribution is 2.41. The van der Waals surface area contributed by atoms with Gasteiger partial charge in [-0.3, -0.25) is 9.36 Å². The maximum atomic E-state index is 12.8. The predicted molar refractivity (Wildman–Crippen MR) is 162 cm³/mol. The SMILES string of the molecule is C[Si](C)(C)CCOCn1c(=O)sc2c(Cl)c(-c3c[nH]c4nc(N5[C@@H]6CC[C@H]5C[C@@H](NC(=O)O)C6)cnc34)ccc21. The van der Waals surface area contributed by atoms with Gasteiger partial charge < -0.3 is 25.0 Å². The second kappa shape index (κ2) is 10.5. The molecule has 212 valence electrons. The summed E-state index contributed by atoms with van der Waals surface area (Å²) in [7, 11) is -1.21. The number of amides is 1. The molecule has 0 spiro atoms. The maximum absolute atomic E-state index is 12.8. The fourth-order valence-corrected chi connectivity index (χ4v) is 8.07. The number of benzene rings is 1. The van der Waals surface area contributed by atoms with Crippen molar-refractivity contribution in [3.63, 3.8) is 0 Å². The van der Waals surface area contributed by atoms with Crippen molar-refractivity contribution in [2.75, 3.05) is 11.5 Å². The van der Waals surface area contributed by atoms with Crippen LogP contribution in [0, 0.1) is 0 Å². The second-order valence-electron chi connectivity index (χ2n) is 12.0. The Morgan fingerprint density at radius 1 is 1.25 bits per heavy atom. The van der Waals surface area contributed by atoms with E-state index >= 15 is 0 Å². The van der Waals surface area contributed by atoms with Crippen molar-refractivity contribution >= 4 is 64.3 Å². The number of thiazole rings is 1. The number of hydrogen-bond donors (Lipinski definition) is 3. The van der Waals surface area contributed by atoms with Gasteiger partial charge in [0.25, 0.3) is 0 Å². The highest BCUT2D eigenvalue weighted by atomic mass is 35.5. The monoisotopic (exact) mass is 600 g/mol. The summed E-state index contributed by atoms with van der Waals surface area (Å²) < 4.78 is 8.22. The van der Waals surface area contributed by atoms with Gasteiger partial charge >= 0.3 is 11.0 Å². The summed E-state index contributed by atoms with van der Waals surface area (Å²) in [6.45, 7) is 7.75. The lowest BCUT2D eigenvalue weighted by Crippen LogP contribution is -2.50. The molecule has 3 N–H and O–H groups in total. The third kappa shape index (κ3) is 5.13. The Morgan fingerprint density at radius 3 is 2.70 bits per heavy atom. The van der Waals surface area contributed by atoms with Gasteiger partial charge in [0.15, 0.2) is 5.65 Å². The first-order valence-electron chi connectivity index (χ1n) is 13.6. The minimum Gasteiger partial charge on any atom is -0.465 e. The van der Waals surface area contributed by atoms with Crippen molar-refractivity contribution in [3.05, 3.63) is 39.2 Å². The molecule has 0 saturated carbocycles. The number of hydrogen-bond acceptors (Lipinski definition) is 7. The summed E-state index contributed by atoms with van der Waals surface area (Å²) in [6, 6.07) is 5.33. The minimum atomic E-state index is -1.21. The van der Waals surface area contributed by atoms with Crippen LogP contribution in [-0.2, 0) is 11.5 Å². The van der Waals surface area contributed by atoms with Crippen LogP contribution in [0.25, 0.3) is 32.5 Å². The summed E-state index contributed by atoms with van der Waals surface area (Å²) in [5.41, 5.74) is 3.75. The van der Waals surface area contributed by atoms with Gasteiger partial charge in [0.1, 0.15) is 18.1 Å². The topological polar surface area (TPSA) is 125 Å². The van der Waals surface area contributed by atoms with Gasteiger partial charge in [-0.1, -0.05) is 48.6 Å². The van der Waals surface area contributed by atoms with Gasteiger partial charge in [0, 0.05) is 50.1 Å². The number of nitrogens with zero attached hydrogens (tertiary/aromatic N) is 4. The largest absolute Gasteiger partial charge is 0.465 e. The first kappa shape index (κ1) is 27.2. The second-order valence-corrected chi connectivity index (χ2v) is 18.9. The molecule has 13 heteroatoms. The molecule has 3 atom stereocenters. The molecule has 0 radical (unpaired) electrons. The normalized spacial score (nSPS) is 21.0. The summed E-state index contributed by atoms with van der Waals surface area (Å²) in [5, 5.41) is 12.3. The van der Waals surface area contributed by atoms with E-state index < -0.39 is 14.2 Å². The molecular formula is C27H33ClN6O4SSi. The quantitative estimate of drug-likeness (QED) is 0.174. The van der Waals surface area contributed by atoms with Crippen LogP contribution in [0.15, 0.2) is 29.3 Å². The molecule has 3 aromatic heterocycles. The van der Waals surface area contributed by atoms with Gasteiger partial charge in [0.05, 0.1) is 21.4 Å². The molecule has 2 bridgehead atoms. The van der Waals surface area contributed by atoms with Gasteiger partial charge in [0.2, 0.25) is 0 Å². The molecule has 0 aliphatic carbocycles. The number of carboxylic acid groups (broad SMARTS) is 1. The van der Waals surface area contributed by atoms with Crippen molar-refractivity contribution in [2.24, 2.45) is 0 Å². The number of aromatic amines is 1. The zero-order valence-electron chi connectivity index (χ0n) is 22.7. The van der Waals surface area contributed by atoms with Crippen molar-refractivity contribution in [3.8, 4) is 11.1 Å². The Bertz CT molecular complexity index is 1630. The first-order valence-corrected chi connectivity index (χ1v) is 18.5. The molecule has 1 amide bonds. The zero-order valence-corrected chi connectivity index (χ0v) is 25.3. The number of anilines is 1. The summed E-state index contributed by atoms with van der Waals surface area (Å²) in [4.78, 5) is 39.1. The number of nitrogens with one attached hydrogen (secondary N) is 2. The first-order chi connectivity index (χ1) is 19.1. The average molecular weight is 601 g/mol. The van der Waals surface area contributed by atoms with E-state index in [9.17, 15) is 9.59 Å². The molecular weight excluding hydrogens is 568 g/mol. The Kier molecular flexibility index (Phi) is 7.14. The van der Waals surface area contributed by atoms with E-state index in [0.717, 1.165) is 70.2 Å². The smallest absolute Gasteiger partial charge is 0.404 e. The molecule has 2 saturated heterocycles. The van der Waals surface area contributed by atoms with Crippen LogP contribution in [0.4, 0.5) is 10.6 Å². The molecule has 5 heterocycles. The van der Waals surface area contributed by atoms with Crippen LogP contribution < -0.4 is 15.1 Å². The molecule has 0 unspecified atom stereocenters. The summed E-state index contributed by atoms with van der Waals surface area (Å²) in [5.74, 6) is 0.799. The lowest BCUT2D eigenvalue weighted by atomic mass is 9.97. The summed E-state index contributed by atoms with van der Waals surface area (Å²) >= 11 is 8.02. The van der Waals surface area contributed by atoms with E-state index in [1.54, 1.807) is 10.8 Å². The molecule has 10 nitrogen and oxygen atoms in total. The third-order valence-electron chi connectivity index (χ3n) is 7.98. The van der Waals surface area contributed by atoms with Crippen LogP contribution in [0.2, 0.25) is 30.7 Å². The van der Waals surface area contributed by atoms with Crippen LogP contribution >= 0.6 is 22.9 Å². The zero-order chi connectivity index (χ0) is 28.2. The summed E-state index contributed by atoms with van der Waals surface area (Å²) in [6.07, 6.45) is 6.25. The van der Waals surface area contributed by atoms with Gasteiger partial charge in [-0.25, -0.2) is 14.8 Å². The van der Waals surface area contributed by atoms with Crippen molar-refractivity contribution in [1.82, 2.24) is 24.8 Å². The predicted octanol–water partition coefficient (Wildman–Crippen LogP) is 5.73. The number of H-pyrrole nitrogens is 1. The number of ether oxygens (including phenoxy) is 1. The Balaban J connectivity index is 1.25. The van der Waals surface area contributed by atoms with Crippen molar-refractivity contribution < 1.29 is 14.6 Å². The molecule has 6 rings (SSSR count). The van der Waals surface area contributed by atoms with E-state index in [0.29, 0.717) is 22.8 Å². The van der Waals surface area contributed by atoms with E-state index in [-0.39, 0.29) is 29.7 Å². The van der Waals surface area contributed by atoms with Gasteiger partial charge in [-0.05, 0) is 37.8 Å². The van der Waals surface area contributed by atoms with Crippen molar-refractivity contribution in [2.45, 2.75) is 76.2 Å². The molecule has 2 aliphatic rings. The molecule has 1 aromatic carbocycles. The molecule has 40 heavy (non-hydrogen) atoms. The fraction of sp³-hybridized carbons (Fsp3) is 0.481. The molecule has 2 fully saturated rings. The van der Waals surface area contributed by atoms with E-state index in [4.69, 9.17) is 31.4 Å². The molecule has 2 aliphatic heterocycles. The standard InChI is InChI=1S/C27H33ClN6O4SSi/c1-40(2,3)9-8-38-14-33-20-7-6-18(22(28)24(20)39-27(33)37)19-12-30-25-23(19)29-13-21(32-25)34-16-4-5-17(34)11-15(10-16)31-26(35)36/h6-7,12-13,15-17,31H,4-5,8-11,14H2,1-3H3,(H,30,32)(H,35,36)/t15-,16+,17-. The highest BCUT2D eigenvalue weighted by molar-refractivity contribution is 7.17. The van der Waals surface area contributed by atoms with Gasteiger partial charge in [-0.2, -0.15) is 0 Å².